The van der Waals surface area contributed by atoms with Crippen LogP contribution in [0.15, 0.2) is 36.4 Å². The Morgan fingerprint density at radius 1 is 0.826 bits per heavy atom. The molecule has 0 spiro atoms. The van der Waals surface area contributed by atoms with Gasteiger partial charge in [-0.3, -0.25) is 0 Å². The molecular formula is C21H26N2. The van der Waals surface area contributed by atoms with E-state index in [2.05, 4.69) is 79.9 Å². The molecule has 0 N–H and O–H groups in total. The van der Waals surface area contributed by atoms with E-state index in [-0.39, 0.29) is 0 Å². The van der Waals surface area contributed by atoms with Crippen LogP contribution >= 0.6 is 0 Å². The van der Waals surface area contributed by atoms with Crippen LogP contribution in [0.2, 0.25) is 0 Å². The zero-order valence-electron chi connectivity index (χ0n) is 14.7. The van der Waals surface area contributed by atoms with Crippen LogP contribution in [0.3, 0.4) is 0 Å². The van der Waals surface area contributed by atoms with E-state index in [1.807, 2.05) is 0 Å². The fourth-order valence-corrected chi connectivity index (χ4v) is 3.57. The normalized spacial score (nSPS) is 15.3. The number of rotatable bonds is 2. The van der Waals surface area contributed by atoms with Crippen molar-refractivity contribution in [1.82, 2.24) is 0 Å². The zero-order valence-corrected chi connectivity index (χ0v) is 14.7. The molecule has 0 radical (unpaired) electrons. The van der Waals surface area contributed by atoms with Crippen LogP contribution < -0.4 is 4.90 Å². The molecule has 0 fully saturated rings. The Morgan fingerprint density at radius 3 is 2.00 bits per heavy atom. The van der Waals surface area contributed by atoms with Crippen LogP contribution in [-0.2, 0) is 0 Å². The maximum atomic E-state index is 3.68. The monoisotopic (exact) mass is 306 g/mol. The van der Waals surface area contributed by atoms with Gasteiger partial charge in [-0.25, -0.2) is 0 Å². The van der Waals surface area contributed by atoms with Gasteiger partial charge in [0.05, 0.1) is 13.1 Å². The number of hydrogen-bond donors (Lipinski definition) is 0. The van der Waals surface area contributed by atoms with Gasteiger partial charge in [0.25, 0.3) is 0 Å². The van der Waals surface area contributed by atoms with Crippen molar-refractivity contribution in [2.24, 2.45) is 0 Å². The fraction of sp³-hybridized carbons (Fsp3) is 0.381. The first-order valence-electron chi connectivity index (χ1n) is 8.51. The third kappa shape index (κ3) is 3.17. The summed E-state index contributed by atoms with van der Waals surface area (Å²) in [5, 5.41) is 0. The zero-order chi connectivity index (χ0) is 16.4. The minimum absolute atomic E-state index is 1.03. The molecule has 120 valence electrons. The number of hydrogen-bond acceptors (Lipinski definition) is 1. The lowest BCUT2D eigenvalue weighted by atomic mass is 10.1. The van der Waals surface area contributed by atoms with E-state index in [1.165, 1.54) is 46.5 Å². The van der Waals surface area contributed by atoms with Crippen LogP contribution in [0.5, 0.6) is 0 Å². The summed E-state index contributed by atoms with van der Waals surface area (Å²) >= 11 is 0. The van der Waals surface area contributed by atoms with Gasteiger partial charge in [0, 0.05) is 11.4 Å². The number of para-hydroxylation sites is 2. The SMILES string of the molecule is Cc1cccc(C)c1N1[C-]=[N+](c2c(C)cccc2C)CCCC1. The number of nitrogens with zero attached hydrogens (tertiary/aromatic N) is 2. The molecular weight excluding hydrogens is 280 g/mol. The van der Waals surface area contributed by atoms with Crippen molar-refractivity contribution in [3.8, 4) is 0 Å². The summed E-state index contributed by atoms with van der Waals surface area (Å²) in [7, 11) is 0. The van der Waals surface area contributed by atoms with Crippen molar-refractivity contribution in [2.45, 2.75) is 40.5 Å². The summed E-state index contributed by atoms with van der Waals surface area (Å²) in [5.41, 5.74) is 7.90. The molecule has 23 heavy (non-hydrogen) atoms. The van der Waals surface area contributed by atoms with E-state index in [4.69, 9.17) is 0 Å². The first-order valence-corrected chi connectivity index (χ1v) is 8.51. The van der Waals surface area contributed by atoms with E-state index in [1.54, 1.807) is 0 Å². The highest BCUT2D eigenvalue weighted by Gasteiger charge is 2.16. The average Bonchev–Trinajstić information content (AvgIpc) is 2.73. The predicted molar refractivity (Wildman–Crippen MR) is 98.2 cm³/mol. The summed E-state index contributed by atoms with van der Waals surface area (Å²) in [6.07, 6.45) is 6.07. The fourth-order valence-electron chi connectivity index (χ4n) is 3.57. The molecule has 0 bridgehead atoms. The van der Waals surface area contributed by atoms with Gasteiger partial charge in [0.2, 0.25) is 6.34 Å². The minimum atomic E-state index is 1.03. The van der Waals surface area contributed by atoms with Gasteiger partial charge >= 0.3 is 0 Å². The van der Waals surface area contributed by atoms with E-state index in [9.17, 15) is 0 Å². The summed E-state index contributed by atoms with van der Waals surface area (Å²) in [4.78, 5) is 2.32. The molecule has 0 aliphatic carbocycles. The topological polar surface area (TPSA) is 6.25 Å². The number of anilines is 1. The standard InChI is InChI=1S/C21H26N2/c1-16-9-7-10-17(2)20(16)22-13-5-6-14-23(15-22)21-18(3)11-8-12-19(21)4/h7-12H,5-6,13-14H2,1-4H3. The van der Waals surface area contributed by atoms with Gasteiger partial charge in [-0.1, -0.05) is 58.7 Å². The van der Waals surface area contributed by atoms with Gasteiger partial charge < -0.3 is 9.48 Å². The third-order valence-electron chi connectivity index (χ3n) is 4.67. The van der Waals surface area contributed by atoms with Gasteiger partial charge in [0.1, 0.15) is 0 Å². The molecule has 2 nitrogen and oxygen atoms in total. The Labute approximate surface area is 140 Å². The lowest BCUT2D eigenvalue weighted by molar-refractivity contribution is -0.437. The largest absolute Gasteiger partial charge is 0.337 e. The Balaban J connectivity index is 2.09. The average molecular weight is 306 g/mol. The van der Waals surface area contributed by atoms with Gasteiger partial charge in [-0.2, -0.15) is 0 Å². The molecule has 0 saturated carbocycles. The van der Waals surface area contributed by atoms with E-state index < -0.39 is 0 Å². The van der Waals surface area contributed by atoms with E-state index in [0.29, 0.717) is 0 Å². The van der Waals surface area contributed by atoms with Crippen molar-refractivity contribution < 1.29 is 4.58 Å². The van der Waals surface area contributed by atoms with Crippen LogP contribution in [0.25, 0.3) is 0 Å². The molecule has 0 aromatic heterocycles. The third-order valence-corrected chi connectivity index (χ3v) is 4.67. The quantitative estimate of drug-likeness (QED) is 0.572. The Morgan fingerprint density at radius 2 is 1.39 bits per heavy atom. The first-order chi connectivity index (χ1) is 11.1. The number of aryl methyl sites for hydroxylation is 4. The maximum absolute atomic E-state index is 3.68. The Hall–Kier alpha value is -2.09. The van der Waals surface area contributed by atoms with Crippen molar-refractivity contribution in [1.29, 1.82) is 0 Å². The van der Waals surface area contributed by atoms with Crippen LogP contribution in [-0.4, -0.2) is 24.0 Å². The molecule has 1 aliphatic rings. The van der Waals surface area contributed by atoms with Crippen molar-refractivity contribution in [3.05, 3.63) is 58.7 Å². The van der Waals surface area contributed by atoms with Gasteiger partial charge in [0.15, 0.2) is 0 Å². The summed E-state index contributed by atoms with van der Waals surface area (Å²) in [6, 6.07) is 13.0. The number of benzene rings is 2. The van der Waals surface area contributed by atoms with Crippen LogP contribution in [0.4, 0.5) is 11.4 Å². The van der Waals surface area contributed by atoms with Crippen molar-refractivity contribution in [3.63, 3.8) is 0 Å². The summed E-state index contributed by atoms with van der Waals surface area (Å²) in [5.74, 6) is 0. The van der Waals surface area contributed by atoms with Crippen LogP contribution in [0, 0.1) is 27.7 Å². The molecule has 3 rings (SSSR count). The lowest BCUT2D eigenvalue weighted by Gasteiger charge is -2.24. The molecule has 2 heteroatoms. The smallest absolute Gasteiger partial charge is 0.206 e. The second-order valence-electron chi connectivity index (χ2n) is 6.59. The molecule has 0 atom stereocenters. The van der Waals surface area contributed by atoms with Gasteiger partial charge in [-0.15, -0.1) is 0 Å². The highest BCUT2D eigenvalue weighted by atomic mass is 15.2. The molecule has 2 aromatic carbocycles. The Bertz CT molecular complexity index is 703. The van der Waals surface area contributed by atoms with E-state index in [0.717, 1.165) is 13.1 Å². The summed E-state index contributed by atoms with van der Waals surface area (Å²) < 4.78 is 2.32. The van der Waals surface area contributed by atoms with Crippen LogP contribution in [0.1, 0.15) is 35.1 Å². The molecule has 1 aliphatic heterocycles. The van der Waals surface area contributed by atoms with Crippen molar-refractivity contribution >= 4 is 17.7 Å². The second-order valence-corrected chi connectivity index (χ2v) is 6.59. The maximum Gasteiger partial charge on any atom is 0.206 e. The second kappa shape index (κ2) is 6.57. The Kier molecular flexibility index (Phi) is 4.51. The van der Waals surface area contributed by atoms with Gasteiger partial charge in [-0.05, 0) is 40.5 Å². The minimum Gasteiger partial charge on any atom is -0.337 e. The van der Waals surface area contributed by atoms with E-state index >= 15 is 0 Å². The molecule has 0 unspecified atom stereocenters. The van der Waals surface area contributed by atoms with Crippen molar-refractivity contribution in [2.75, 3.05) is 18.0 Å². The first kappa shape index (κ1) is 15.8. The highest BCUT2D eigenvalue weighted by molar-refractivity contribution is 5.80. The molecule has 2 aromatic rings. The lowest BCUT2D eigenvalue weighted by Crippen LogP contribution is -2.27. The molecule has 0 saturated heterocycles. The summed E-state index contributed by atoms with van der Waals surface area (Å²) in [6.45, 7) is 10.8. The molecule has 0 amide bonds. The molecule has 1 heterocycles. The predicted octanol–water partition coefficient (Wildman–Crippen LogP) is 4.77. The highest BCUT2D eigenvalue weighted by Crippen LogP contribution is 2.28.